The van der Waals surface area contributed by atoms with E-state index in [4.69, 9.17) is 9.47 Å². The quantitative estimate of drug-likeness (QED) is 0.916. The van der Waals surface area contributed by atoms with E-state index in [1.54, 1.807) is 0 Å². The predicted octanol–water partition coefficient (Wildman–Crippen LogP) is 3.22. The van der Waals surface area contributed by atoms with Crippen molar-refractivity contribution < 1.29 is 14.3 Å². The van der Waals surface area contributed by atoms with Gasteiger partial charge in [0.1, 0.15) is 13.2 Å². The molecule has 2 aromatic carbocycles. The number of carbonyl (C=O) groups is 1. The first-order valence-corrected chi connectivity index (χ1v) is 8.83. The van der Waals surface area contributed by atoms with Crippen molar-refractivity contribution in [2.45, 2.75) is 24.8 Å². The number of para-hydroxylation sites is 1. The normalized spacial score (nSPS) is 19.3. The van der Waals surface area contributed by atoms with Gasteiger partial charge in [-0.3, -0.25) is 4.90 Å². The lowest BCUT2D eigenvalue weighted by molar-refractivity contribution is 0.171. The average molecular weight is 336 g/mol. The lowest BCUT2D eigenvalue weighted by Crippen LogP contribution is -2.44. The highest BCUT2D eigenvalue weighted by molar-refractivity contribution is 5.95. The summed E-state index contributed by atoms with van der Waals surface area (Å²) in [5, 5.41) is 3.26. The minimum absolute atomic E-state index is 0.0164. The zero-order chi connectivity index (χ0) is 16.9. The van der Waals surface area contributed by atoms with Crippen molar-refractivity contribution in [1.29, 1.82) is 0 Å². The Kier molecular flexibility index (Phi) is 3.17. The van der Waals surface area contributed by atoms with Gasteiger partial charge in [-0.05, 0) is 48.6 Å². The fourth-order valence-corrected chi connectivity index (χ4v) is 3.77. The molecule has 1 fully saturated rings. The number of benzene rings is 2. The minimum Gasteiger partial charge on any atom is -0.486 e. The van der Waals surface area contributed by atoms with Crippen LogP contribution >= 0.6 is 0 Å². The van der Waals surface area contributed by atoms with Crippen LogP contribution in [0.3, 0.4) is 0 Å². The standard InChI is InChI=1S/C20H20N2O3/c23-19(22-10-7-14-3-1-2-4-16(14)22)21-20(8-9-20)15-5-6-17-18(13-15)25-12-11-24-17/h1-6,13H,7-12H2,(H,21,23). The van der Waals surface area contributed by atoms with Crippen molar-refractivity contribution in [3.63, 3.8) is 0 Å². The van der Waals surface area contributed by atoms with E-state index in [0.29, 0.717) is 13.2 Å². The summed E-state index contributed by atoms with van der Waals surface area (Å²) in [7, 11) is 0. The van der Waals surface area contributed by atoms with Crippen LogP contribution in [0.2, 0.25) is 0 Å². The number of anilines is 1. The van der Waals surface area contributed by atoms with Crippen molar-refractivity contribution in [2.75, 3.05) is 24.7 Å². The number of amides is 2. The van der Waals surface area contributed by atoms with Crippen molar-refractivity contribution in [3.05, 3.63) is 53.6 Å². The van der Waals surface area contributed by atoms with Gasteiger partial charge in [-0.1, -0.05) is 24.3 Å². The van der Waals surface area contributed by atoms with E-state index in [1.807, 2.05) is 41.3 Å². The SMILES string of the molecule is O=C(NC1(c2ccc3c(c2)OCCO3)CC1)N1CCc2ccccc21. The number of urea groups is 1. The third-order valence-corrected chi connectivity index (χ3v) is 5.32. The molecule has 0 bridgehead atoms. The molecular formula is C20H20N2O3. The Morgan fingerprint density at radius 1 is 1.04 bits per heavy atom. The Labute approximate surface area is 146 Å². The van der Waals surface area contributed by atoms with Gasteiger partial charge in [-0.15, -0.1) is 0 Å². The van der Waals surface area contributed by atoms with Crippen LogP contribution in [-0.4, -0.2) is 25.8 Å². The molecule has 2 aliphatic heterocycles. The van der Waals surface area contributed by atoms with Gasteiger partial charge in [-0.2, -0.15) is 0 Å². The molecule has 0 radical (unpaired) electrons. The number of nitrogens with one attached hydrogen (secondary N) is 1. The highest BCUT2D eigenvalue weighted by Crippen LogP contribution is 2.48. The first kappa shape index (κ1) is 14.6. The molecule has 0 unspecified atom stereocenters. The second-order valence-electron chi connectivity index (χ2n) is 6.90. The summed E-state index contributed by atoms with van der Waals surface area (Å²) in [4.78, 5) is 14.7. The van der Waals surface area contributed by atoms with Crippen LogP contribution in [0.25, 0.3) is 0 Å². The van der Waals surface area contributed by atoms with Gasteiger partial charge in [-0.25, -0.2) is 4.79 Å². The van der Waals surface area contributed by atoms with Crippen LogP contribution in [0.1, 0.15) is 24.0 Å². The second-order valence-corrected chi connectivity index (χ2v) is 6.90. The number of ether oxygens (including phenoxy) is 2. The summed E-state index contributed by atoms with van der Waals surface area (Å²) in [6.45, 7) is 1.89. The molecule has 2 amide bonds. The van der Waals surface area contributed by atoms with Crippen molar-refractivity contribution in [3.8, 4) is 11.5 Å². The lowest BCUT2D eigenvalue weighted by Gasteiger charge is -2.25. The zero-order valence-corrected chi connectivity index (χ0v) is 14.0. The van der Waals surface area contributed by atoms with Crippen molar-refractivity contribution in [1.82, 2.24) is 5.32 Å². The molecule has 1 aliphatic carbocycles. The Morgan fingerprint density at radius 3 is 2.68 bits per heavy atom. The van der Waals surface area contributed by atoms with E-state index in [-0.39, 0.29) is 11.6 Å². The van der Waals surface area contributed by atoms with Gasteiger partial charge in [0.15, 0.2) is 11.5 Å². The summed E-state index contributed by atoms with van der Waals surface area (Å²) in [6.07, 6.45) is 2.82. The highest BCUT2D eigenvalue weighted by atomic mass is 16.6. The molecule has 2 aromatic rings. The molecule has 25 heavy (non-hydrogen) atoms. The Hall–Kier alpha value is -2.69. The smallest absolute Gasteiger partial charge is 0.322 e. The molecule has 0 atom stereocenters. The largest absolute Gasteiger partial charge is 0.486 e. The maximum Gasteiger partial charge on any atom is 0.322 e. The first-order chi connectivity index (χ1) is 12.3. The van der Waals surface area contributed by atoms with Crippen LogP contribution in [0, 0.1) is 0 Å². The fraction of sp³-hybridized carbons (Fsp3) is 0.350. The van der Waals surface area contributed by atoms with E-state index in [1.165, 1.54) is 5.56 Å². The van der Waals surface area contributed by atoms with Gasteiger partial charge >= 0.3 is 6.03 Å². The second kappa shape index (κ2) is 5.41. The van der Waals surface area contributed by atoms with E-state index in [2.05, 4.69) is 11.4 Å². The van der Waals surface area contributed by atoms with E-state index >= 15 is 0 Å². The molecule has 5 nitrogen and oxygen atoms in total. The van der Waals surface area contributed by atoms with Crippen LogP contribution in [-0.2, 0) is 12.0 Å². The molecule has 0 saturated heterocycles. The minimum atomic E-state index is -0.273. The summed E-state index contributed by atoms with van der Waals surface area (Å²) in [5.41, 5.74) is 3.09. The molecule has 5 heteroatoms. The molecule has 0 spiro atoms. The number of hydrogen-bond acceptors (Lipinski definition) is 3. The first-order valence-electron chi connectivity index (χ1n) is 8.83. The predicted molar refractivity (Wildman–Crippen MR) is 94.4 cm³/mol. The van der Waals surface area contributed by atoms with Crippen LogP contribution in [0.4, 0.5) is 10.5 Å². The van der Waals surface area contributed by atoms with Gasteiger partial charge in [0.2, 0.25) is 0 Å². The maximum atomic E-state index is 12.9. The molecule has 0 aromatic heterocycles. The number of nitrogens with zero attached hydrogens (tertiary/aromatic N) is 1. The zero-order valence-electron chi connectivity index (χ0n) is 14.0. The summed E-state index contributed by atoms with van der Waals surface area (Å²) < 4.78 is 11.3. The Bertz CT molecular complexity index is 845. The molecule has 1 N–H and O–H groups in total. The Balaban J connectivity index is 1.38. The van der Waals surface area contributed by atoms with Crippen LogP contribution in [0.15, 0.2) is 42.5 Å². The van der Waals surface area contributed by atoms with Crippen molar-refractivity contribution in [2.24, 2.45) is 0 Å². The molecular weight excluding hydrogens is 316 g/mol. The van der Waals surface area contributed by atoms with Crippen LogP contribution in [0.5, 0.6) is 11.5 Å². The molecule has 1 saturated carbocycles. The number of fused-ring (bicyclic) bond motifs is 2. The van der Waals surface area contributed by atoms with Gasteiger partial charge in [0.25, 0.3) is 0 Å². The van der Waals surface area contributed by atoms with E-state index < -0.39 is 0 Å². The maximum absolute atomic E-state index is 12.9. The summed E-state index contributed by atoms with van der Waals surface area (Å²) in [5.74, 6) is 1.56. The fourth-order valence-electron chi connectivity index (χ4n) is 3.77. The van der Waals surface area contributed by atoms with Crippen molar-refractivity contribution >= 4 is 11.7 Å². The van der Waals surface area contributed by atoms with E-state index in [0.717, 1.165) is 48.6 Å². The number of hydrogen-bond donors (Lipinski definition) is 1. The lowest BCUT2D eigenvalue weighted by atomic mass is 10.0. The number of rotatable bonds is 2. The third kappa shape index (κ3) is 2.42. The molecule has 128 valence electrons. The van der Waals surface area contributed by atoms with Crippen LogP contribution < -0.4 is 19.7 Å². The Morgan fingerprint density at radius 2 is 1.84 bits per heavy atom. The van der Waals surface area contributed by atoms with Gasteiger partial charge in [0.05, 0.1) is 5.54 Å². The van der Waals surface area contributed by atoms with E-state index in [9.17, 15) is 4.79 Å². The summed E-state index contributed by atoms with van der Waals surface area (Å²) >= 11 is 0. The summed E-state index contributed by atoms with van der Waals surface area (Å²) in [6, 6.07) is 14.1. The topological polar surface area (TPSA) is 50.8 Å². The van der Waals surface area contributed by atoms with Gasteiger partial charge in [0, 0.05) is 12.2 Å². The molecule has 3 aliphatic rings. The number of carbonyl (C=O) groups excluding carboxylic acids is 1. The monoisotopic (exact) mass is 336 g/mol. The molecule has 2 heterocycles. The molecule has 5 rings (SSSR count). The average Bonchev–Trinajstić information content (AvgIpc) is 3.30. The van der Waals surface area contributed by atoms with Gasteiger partial charge < -0.3 is 14.8 Å². The highest BCUT2D eigenvalue weighted by Gasteiger charge is 2.47. The third-order valence-electron chi connectivity index (χ3n) is 5.32.